The summed E-state index contributed by atoms with van der Waals surface area (Å²) in [6.07, 6.45) is 5.65. The molecule has 0 radical (unpaired) electrons. The smallest absolute Gasteiger partial charge is 0.332 e. The Bertz CT molecular complexity index is 3120. The minimum Gasteiger partial charge on any atom is -0.480 e. The second kappa shape index (κ2) is 17.9. The van der Waals surface area contributed by atoms with Crippen LogP contribution < -0.4 is 5.48 Å². The molecule has 320 valence electrons. The van der Waals surface area contributed by atoms with E-state index in [1.54, 1.807) is 78.3 Å². The molecule has 13 nitrogen and oxygen atoms in total. The number of carbonyl (C=O) groups is 2. The zero-order valence-corrected chi connectivity index (χ0v) is 36.5. The summed E-state index contributed by atoms with van der Waals surface area (Å²) in [5.41, 5.74) is -4.36. The number of thiophene rings is 2. The van der Waals surface area contributed by atoms with E-state index in [2.05, 4.69) is 9.97 Å². The second-order valence-corrected chi connectivity index (χ2v) is 20.4. The standard InChI is InChI=1S/C46H39N5O8S4/c52-43(49-55)45(39-11-3-1-4-12-39,50(29-35-9-7-21-47-27-35)62(56,57)31-33-15-17-41-37(25-33)19-23-60-41)46(44(53)54,40-13-5-2-6-14-40)51(30-36-10-8-22-48-28-36)63(58,59)32-34-16-18-42-38(26-34)20-24-61-42/h1-28,55H,29-32H2,(H,49,52)(H,53,54)/t45-,46?/m1/s1. The molecular weight excluding hydrogens is 879 g/mol. The van der Waals surface area contributed by atoms with Gasteiger partial charge in [0.2, 0.25) is 20.0 Å². The number of aromatic nitrogens is 2. The maximum Gasteiger partial charge on any atom is 0.332 e. The molecule has 0 saturated carbocycles. The molecule has 4 aromatic heterocycles. The summed E-state index contributed by atoms with van der Waals surface area (Å²) in [6, 6.07) is 34.4. The minimum absolute atomic E-state index is 0.216. The average Bonchev–Trinajstić information content (AvgIpc) is 3.97. The van der Waals surface area contributed by atoms with Gasteiger partial charge < -0.3 is 5.11 Å². The highest BCUT2D eigenvalue weighted by molar-refractivity contribution is 7.88. The highest BCUT2D eigenvalue weighted by Crippen LogP contribution is 2.54. The Hall–Kier alpha value is -6.18. The lowest BCUT2D eigenvalue weighted by atomic mass is 9.66. The first-order valence-electron chi connectivity index (χ1n) is 19.4. The van der Waals surface area contributed by atoms with Gasteiger partial charge in [-0.15, -0.1) is 22.7 Å². The van der Waals surface area contributed by atoms with Crippen LogP contribution in [0.25, 0.3) is 20.2 Å². The first-order chi connectivity index (χ1) is 30.4. The largest absolute Gasteiger partial charge is 0.480 e. The Morgan fingerprint density at radius 2 is 1.02 bits per heavy atom. The minimum atomic E-state index is -5.00. The monoisotopic (exact) mass is 917 g/mol. The van der Waals surface area contributed by atoms with E-state index in [0.29, 0.717) is 19.7 Å². The van der Waals surface area contributed by atoms with Crippen LogP contribution in [0.1, 0.15) is 33.4 Å². The van der Waals surface area contributed by atoms with Gasteiger partial charge in [-0.05, 0) is 103 Å². The molecule has 63 heavy (non-hydrogen) atoms. The number of hydrogen-bond acceptors (Lipinski definition) is 11. The fourth-order valence-electron chi connectivity index (χ4n) is 8.25. The average molecular weight is 918 g/mol. The van der Waals surface area contributed by atoms with E-state index in [-0.39, 0.29) is 22.3 Å². The van der Waals surface area contributed by atoms with E-state index in [9.17, 15) is 10.3 Å². The number of carboxylic acids is 1. The number of hydrogen-bond donors (Lipinski definition) is 3. The number of carboxylic acid groups (broad SMARTS) is 1. The van der Waals surface area contributed by atoms with Crippen molar-refractivity contribution in [2.24, 2.45) is 0 Å². The highest BCUT2D eigenvalue weighted by atomic mass is 32.2. The highest BCUT2D eigenvalue weighted by Gasteiger charge is 2.73. The first-order valence-corrected chi connectivity index (χ1v) is 24.4. The Morgan fingerprint density at radius 1 is 0.571 bits per heavy atom. The van der Waals surface area contributed by atoms with Crippen molar-refractivity contribution in [3.63, 3.8) is 0 Å². The van der Waals surface area contributed by atoms with Crippen molar-refractivity contribution < 1.29 is 36.7 Å². The summed E-state index contributed by atoms with van der Waals surface area (Å²) in [4.78, 5) is 39.3. The molecule has 8 rings (SSSR count). The number of pyridine rings is 2. The normalized spacial score (nSPS) is 14.1. The van der Waals surface area contributed by atoms with Gasteiger partial charge in [-0.1, -0.05) is 84.9 Å². The van der Waals surface area contributed by atoms with E-state index in [1.165, 1.54) is 96.0 Å². The molecule has 0 aliphatic heterocycles. The molecule has 0 fully saturated rings. The van der Waals surface area contributed by atoms with Crippen molar-refractivity contribution in [3.8, 4) is 0 Å². The molecule has 17 heteroatoms. The second-order valence-electron chi connectivity index (χ2n) is 14.7. The zero-order chi connectivity index (χ0) is 44.2. The summed E-state index contributed by atoms with van der Waals surface area (Å²) in [7, 11) is -10.0. The maximum absolute atomic E-state index is 15.8. The number of carbonyl (C=O) groups excluding carboxylic acids is 1. The molecule has 0 bridgehead atoms. The fraction of sp³-hybridized carbons (Fsp3) is 0.130. The summed E-state index contributed by atoms with van der Waals surface area (Å²) in [5, 5.41) is 28.7. The number of sulfonamides is 2. The molecule has 3 N–H and O–H groups in total. The van der Waals surface area contributed by atoms with Crippen LogP contribution >= 0.6 is 22.7 Å². The number of amides is 1. The Kier molecular flexibility index (Phi) is 12.3. The number of rotatable bonds is 17. The van der Waals surface area contributed by atoms with Gasteiger partial charge >= 0.3 is 5.97 Å². The molecule has 1 unspecified atom stereocenters. The van der Waals surface area contributed by atoms with Gasteiger partial charge in [0.25, 0.3) is 5.91 Å². The number of aliphatic carboxylic acids is 1. The molecule has 2 atom stereocenters. The van der Waals surface area contributed by atoms with Crippen molar-refractivity contribution in [1.29, 1.82) is 0 Å². The molecular formula is C46H39N5O8S4. The quantitative estimate of drug-likeness (QED) is 0.0605. The lowest BCUT2D eigenvalue weighted by Crippen LogP contribution is -2.76. The third kappa shape index (κ3) is 8.15. The van der Waals surface area contributed by atoms with Crippen molar-refractivity contribution in [2.75, 3.05) is 0 Å². The van der Waals surface area contributed by atoms with Crippen LogP contribution in [0, 0.1) is 0 Å². The fourth-order valence-corrected chi connectivity index (χ4v) is 13.5. The third-order valence-electron chi connectivity index (χ3n) is 10.9. The predicted octanol–water partition coefficient (Wildman–Crippen LogP) is 7.65. The Morgan fingerprint density at radius 3 is 1.43 bits per heavy atom. The van der Waals surface area contributed by atoms with Crippen molar-refractivity contribution in [2.45, 2.75) is 35.7 Å². The molecule has 8 aromatic rings. The van der Waals surface area contributed by atoms with Crippen molar-refractivity contribution in [1.82, 2.24) is 24.1 Å². The van der Waals surface area contributed by atoms with Crippen LogP contribution in [0.3, 0.4) is 0 Å². The molecule has 0 aliphatic carbocycles. The lowest BCUT2D eigenvalue weighted by Gasteiger charge is -2.55. The maximum atomic E-state index is 15.8. The molecule has 4 aromatic carbocycles. The number of hydroxylamine groups is 1. The summed E-state index contributed by atoms with van der Waals surface area (Å²) in [5.74, 6) is -5.02. The number of nitrogens with one attached hydrogen (secondary N) is 1. The van der Waals surface area contributed by atoms with Crippen LogP contribution in [-0.2, 0) is 65.3 Å². The van der Waals surface area contributed by atoms with Gasteiger partial charge in [-0.3, -0.25) is 20.0 Å². The topological polar surface area (TPSA) is 187 Å². The third-order valence-corrected chi connectivity index (χ3v) is 16.2. The Labute approximate surface area is 371 Å². The van der Waals surface area contributed by atoms with Crippen LogP contribution in [0.4, 0.5) is 0 Å². The van der Waals surface area contributed by atoms with Crippen LogP contribution in [-0.4, -0.2) is 57.6 Å². The first kappa shape index (κ1) is 43.5. The molecule has 1 amide bonds. The van der Waals surface area contributed by atoms with Gasteiger partial charge in [0.15, 0.2) is 11.1 Å². The van der Waals surface area contributed by atoms with E-state index in [1.807, 2.05) is 22.9 Å². The zero-order valence-electron chi connectivity index (χ0n) is 33.3. The molecule has 4 heterocycles. The van der Waals surface area contributed by atoms with E-state index in [0.717, 1.165) is 20.2 Å². The summed E-state index contributed by atoms with van der Waals surface area (Å²) >= 11 is 2.93. The van der Waals surface area contributed by atoms with Crippen LogP contribution in [0.2, 0.25) is 0 Å². The Balaban J connectivity index is 1.51. The van der Waals surface area contributed by atoms with Crippen molar-refractivity contribution >= 4 is 74.8 Å². The van der Waals surface area contributed by atoms with Crippen LogP contribution in [0.5, 0.6) is 0 Å². The summed E-state index contributed by atoms with van der Waals surface area (Å²) in [6.45, 7) is -1.43. The van der Waals surface area contributed by atoms with Gasteiger partial charge in [-0.2, -0.15) is 8.61 Å². The molecule has 0 aliphatic rings. The molecule has 0 spiro atoms. The van der Waals surface area contributed by atoms with Gasteiger partial charge in [0.1, 0.15) is 0 Å². The summed E-state index contributed by atoms with van der Waals surface area (Å²) < 4.78 is 66.4. The lowest BCUT2D eigenvalue weighted by molar-refractivity contribution is -0.171. The molecule has 0 saturated heterocycles. The predicted molar refractivity (Wildman–Crippen MR) is 242 cm³/mol. The van der Waals surface area contributed by atoms with E-state index < -0.39 is 67.6 Å². The van der Waals surface area contributed by atoms with Gasteiger partial charge in [0.05, 0.1) is 11.5 Å². The van der Waals surface area contributed by atoms with Gasteiger partial charge in [0, 0.05) is 47.3 Å². The van der Waals surface area contributed by atoms with E-state index in [4.69, 9.17) is 0 Å². The van der Waals surface area contributed by atoms with Gasteiger partial charge in [-0.25, -0.2) is 27.1 Å². The number of fused-ring (bicyclic) bond motifs is 2. The van der Waals surface area contributed by atoms with Crippen molar-refractivity contribution in [3.05, 3.63) is 202 Å². The number of nitrogens with zero attached hydrogens (tertiary/aromatic N) is 4. The number of benzene rings is 4. The van der Waals surface area contributed by atoms with Crippen LogP contribution in [0.15, 0.2) is 169 Å². The SMILES string of the molecule is O=C(O)C(c1ccccc1)(N(Cc1cccnc1)S(=O)(=O)Cc1ccc2sccc2c1)[C@](C(=O)NO)(c1ccccc1)N(Cc1cccnc1)S(=O)(=O)Cc1ccc2sccc2c1. The van der Waals surface area contributed by atoms with E-state index >= 15 is 26.4 Å².